The summed E-state index contributed by atoms with van der Waals surface area (Å²) >= 11 is 0. The lowest BCUT2D eigenvalue weighted by molar-refractivity contribution is 0.0944. The summed E-state index contributed by atoms with van der Waals surface area (Å²) in [5.74, 6) is 1.27. The standard InChI is InChI=1S/C25H39N3O/c29-25(24-9-8-22-10-12-26-13-11-23(22)19-24)7-4-14-27-15-17-28(18-16-27)20-21-5-2-1-3-6-21/h8-9,19,21,26H,1-7,10-18,20H2. The van der Waals surface area contributed by atoms with Crippen LogP contribution in [0, 0.1) is 5.92 Å². The van der Waals surface area contributed by atoms with Crippen molar-refractivity contribution in [2.24, 2.45) is 5.92 Å². The number of fused-ring (bicyclic) bond motifs is 1. The second kappa shape index (κ2) is 10.7. The average Bonchev–Trinajstić information content (AvgIpc) is 3.00. The van der Waals surface area contributed by atoms with Gasteiger partial charge in [0.05, 0.1) is 0 Å². The van der Waals surface area contributed by atoms with Gasteiger partial charge >= 0.3 is 0 Å². The zero-order chi connectivity index (χ0) is 19.9. The van der Waals surface area contributed by atoms with Gasteiger partial charge < -0.3 is 15.1 Å². The third-order valence-corrected chi connectivity index (χ3v) is 7.25. The molecule has 0 aromatic heterocycles. The van der Waals surface area contributed by atoms with Gasteiger partial charge in [0.2, 0.25) is 0 Å². The Labute approximate surface area is 177 Å². The van der Waals surface area contributed by atoms with Crippen LogP contribution in [0.3, 0.4) is 0 Å². The first-order valence-electron chi connectivity index (χ1n) is 12.1. The van der Waals surface area contributed by atoms with E-state index in [-0.39, 0.29) is 0 Å². The van der Waals surface area contributed by atoms with Crippen LogP contribution in [0.25, 0.3) is 0 Å². The van der Waals surface area contributed by atoms with Crippen LogP contribution in [0.4, 0.5) is 0 Å². The molecule has 4 nitrogen and oxygen atoms in total. The highest BCUT2D eigenvalue weighted by atomic mass is 16.1. The molecule has 0 amide bonds. The Morgan fingerprint density at radius 3 is 2.45 bits per heavy atom. The van der Waals surface area contributed by atoms with Crippen LogP contribution in [0.2, 0.25) is 0 Å². The first-order valence-corrected chi connectivity index (χ1v) is 12.1. The Bertz CT molecular complexity index is 660. The number of Topliss-reactive ketones (excluding diaryl/α,β-unsaturated/α-hetero) is 1. The Kier molecular flexibility index (Phi) is 7.75. The van der Waals surface area contributed by atoms with Gasteiger partial charge in [0.1, 0.15) is 0 Å². The van der Waals surface area contributed by atoms with Gasteiger partial charge in [-0.2, -0.15) is 0 Å². The number of rotatable bonds is 7. The number of hydrogen-bond acceptors (Lipinski definition) is 4. The van der Waals surface area contributed by atoms with Crippen LogP contribution in [-0.4, -0.2) is 67.9 Å². The molecule has 1 saturated heterocycles. The quantitative estimate of drug-likeness (QED) is 0.714. The van der Waals surface area contributed by atoms with Gasteiger partial charge in [-0.1, -0.05) is 31.4 Å². The fourth-order valence-electron chi connectivity index (χ4n) is 5.38. The van der Waals surface area contributed by atoms with Crippen molar-refractivity contribution < 1.29 is 4.79 Å². The van der Waals surface area contributed by atoms with E-state index in [1.54, 1.807) is 0 Å². The summed E-state index contributed by atoms with van der Waals surface area (Å²) in [6.45, 7) is 9.23. The average molecular weight is 398 g/mol. The van der Waals surface area contributed by atoms with Crippen molar-refractivity contribution in [3.8, 4) is 0 Å². The summed E-state index contributed by atoms with van der Waals surface area (Å²) in [5, 5.41) is 3.45. The lowest BCUT2D eigenvalue weighted by atomic mass is 9.89. The number of carbonyl (C=O) groups is 1. The first-order chi connectivity index (χ1) is 14.3. The monoisotopic (exact) mass is 397 g/mol. The highest BCUT2D eigenvalue weighted by molar-refractivity contribution is 5.96. The largest absolute Gasteiger partial charge is 0.316 e. The molecule has 0 unspecified atom stereocenters. The molecule has 2 fully saturated rings. The summed E-state index contributed by atoms with van der Waals surface area (Å²) in [6, 6.07) is 6.40. The Balaban J connectivity index is 1.16. The third kappa shape index (κ3) is 6.13. The van der Waals surface area contributed by atoms with Crippen LogP contribution >= 0.6 is 0 Å². The number of hydrogen-bond donors (Lipinski definition) is 1. The molecule has 3 aliphatic rings. The summed E-state index contributed by atoms with van der Waals surface area (Å²) in [6.07, 6.45) is 11.0. The fraction of sp³-hybridized carbons (Fsp3) is 0.720. The third-order valence-electron chi connectivity index (χ3n) is 7.25. The van der Waals surface area contributed by atoms with E-state index >= 15 is 0 Å². The molecule has 1 aromatic rings. The Hall–Kier alpha value is -1.23. The minimum Gasteiger partial charge on any atom is -0.316 e. The highest BCUT2D eigenvalue weighted by Crippen LogP contribution is 2.24. The van der Waals surface area contributed by atoms with E-state index in [2.05, 4.69) is 33.3 Å². The smallest absolute Gasteiger partial charge is 0.162 e. The number of benzene rings is 1. The molecule has 0 atom stereocenters. The van der Waals surface area contributed by atoms with Gasteiger partial charge in [-0.3, -0.25) is 4.79 Å². The zero-order valence-corrected chi connectivity index (χ0v) is 18.1. The minimum absolute atomic E-state index is 0.320. The maximum Gasteiger partial charge on any atom is 0.162 e. The molecule has 29 heavy (non-hydrogen) atoms. The number of piperazine rings is 1. The fourth-order valence-corrected chi connectivity index (χ4v) is 5.38. The number of nitrogens with one attached hydrogen (secondary N) is 1. The van der Waals surface area contributed by atoms with Gasteiger partial charge in [0.15, 0.2) is 5.78 Å². The predicted molar refractivity (Wildman–Crippen MR) is 120 cm³/mol. The Morgan fingerprint density at radius 2 is 1.66 bits per heavy atom. The van der Waals surface area contributed by atoms with Crippen molar-refractivity contribution in [3.63, 3.8) is 0 Å². The van der Waals surface area contributed by atoms with Crippen LogP contribution in [0.1, 0.15) is 66.4 Å². The molecule has 1 aromatic carbocycles. The second-order valence-corrected chi connectivity index (χ2v) is 9.41. The predicted octanol–water partition coefficient (Wildman–Crippen LogP) is 3.54. The van der Waals surface area contributed by atoms with Crippen LogP contribution in [0.15, 0.2) is 18.2 Å². The maximum atomic E-state index is 12.7. The van der Waals surface area contributed by atoms with Crippen molar-refractivity contribution in [2.45, 2.75) is 57.8 Å². The van der Waals surface area contributed by atoms with E-state index in [0.29, 0.717) is 12.2 Å². The molecule has 1 N–H and O–H groups in total. The van der Waals surface area contributed by atoms with E-state index < -0.39 is 0 Å². The van der Waals surface area contributed by atoms with E-state index in [9.17, 15) is 4.79 Å². The van der Waals surface area contributed by atoms with Gasteiger partial charge in [-0.15, -0.1) is 0 Å². The maximum absolute atomic E-state index is 12.7. The van der Waals surface area contributed by atoms with Crippen LogP contribution in [0.5, 0.6) is 0 Å². The van der Waals surface area contributed by atoms with E-state index in [1.165, 1.54) is 76.0 Å². The number of carbonyl (C=O) groups excluding carboxylic acids is 1. The molecule has 0 radical (unpaired) electrons. The topological polar surface area (TPSA) is 35.6 Å². The highest BCUT2D eigenvalue weighted by Gasteiger charge is 2.21. The van der Waals surface area contributed by atoms with Gasteiger partial charge in [-0.05, 0) is 74.8 Å². The van der Waals surface area contributed by atoms with Crippen molar-refractivity contribution in [1.29, 1.82) is 0 Å². The van der Waals surface area contributed by atoms with Crippen molar-refractivity contribution in [3.05, 3.63) is 34.9 Å². The molecular formula is C25H39N3O. The molecule has 4 heteroatoms. The van der Waals surface area contributed by atoms with Gasteiger partial charge in [-0.25, -0.2) is 0 Å². The summed E-state index contributed by atoms with van der Waals surface area (Å²) in [4.78, 5) is 17.9. The molecule has 1 saturated carbocycles. The SMILES string of the molecule is O=C(CCCN1CCN(CC2CCCCC2)CC1)c1ccc2c(c1)CCNCC2. The normalized spacial score (nSPS) is 22.2. The van der Waals surface area contributed by atoms with Crippen molar-refractivity contribution in [1.82, 2.24) is 15.1 Å². The lowest BCUT2D eigenvalue weighted by Gasteiger charge is -2.37. The minimum atomic E-state index is 0.320. The van der Waals surface area contributed by atoms with E-state index in [1.807, 2.05) is 0 Å². The molecule has 160 valence electrons. The number of ketones is 1. The second-order valence-electron chi connectivity index (χ2n) is 9.41. The molecule has 2 heterocycles. The van der Waals surface area contributed by atoms with E-state index in [4.69, 9.17) is 0 Å². The number of nitrogens with zero attached hydrogens (tertiary/aromatic N) is 2. The zero-order valence-electron chi connectivity index (χ0n) is 18.1. The summed E-state index contributed by atoms with van der Waals surface area (Å²) in [7, 11) is 0. The molecular weight excluding hydrogens is 358 g/mol. The molecule has 4 rings (SSSR count). The molecule has 0 spiro atoms. The lowest BCUT2D eigenvalue weighted by Crippen LogP contribution is -2.48. The summed E-state index contributed by atoms with van der Waals surface area (Å²) < 4.78 is 0. The van der Waals surface area contributed by atoms with Crippen LogP contribution < -0.4 is 5.32 Å². The molecule has 2 aliphatic heterocycles. The molecule has 1 aliphatic carbocycles. The molecule has 0 bridgehead atoms. The first kappa shape index (κ1) is 21.0. The van der Waals surface area contributed by atoms with Gasteiger partial charge in [0, 0.05) is 44.7 Å². The Morgan fingerprint density at radius 1 is 0.931 bits per heavy atom. The van der Waals surface area contributed by atoms with Gasteiger partial charge in [0.25, 0.3) is 0 Å². The van der Waals surface area contributed by atoms with Crippen LogP contribution in [-0.2, 0) is 12.8 Å². The van der Waals surface area contributed by atoms with E-state index in [0.717, 1.165) is 50.4 Å². The van der Waals surface area contributed by atoms with Crippen molar-refractivity contribution >= 4 is 5.78 Å². The summed E-state index contributed by atoms with van der Waals surface area (Å²) in [5.41, 5.74) is 3.70. The van der Waals surface area contributed by atoms with Crippen molar-refractivity contribution in [2.75, 3.05) is 52.4 Å².